The molecule has 1 aromatic carbocycles. The maximum Gasteiger partial charge on any atom is 0.331 e. The number of ether oxygens (including phenoxy) is 1. The Labute approximate surface area is 125 Å². The second kappa shape index (κ2) is 5.71. The molecule has 21 heavy (non-hydrogen) atoms. The highest BCUT2D eigenvalue weighted by atomic mass is 79.9. The Morgan fingerprint density at radius 2 is 1.86 bits per heavy atom. The van der Waals surface area contributed by atoms with Gasteiger partial charge in [-0.25, -0.2) is 0 Å². The summed E-state index contributed by atoms with van der Waals surface area (Å²) in [5, 5.41) is 21.7. The second-order valence-electron chi connectivity index (χ2n) is 3.82. The van der Waals surface area contributed by atoms with Crippen LogP contribution in [0.2, 0.25) is 0 Å². The summed E-state index contributed by atoms with van der Waals surface area (Å²) in [5.41, 5.74) is 4.83. The first-order valence-corrected chi connectivity index (χ1v) is 6.20. The molecule has 1 aromatic heterocycles. The molecule has 0 aliphatic heterocycles. The number of halogens is 1. The van der Waals surface area contributed by atoms with E-state index in [4.69, 9.17) is 10.5 Å². The summed E-state index contributed by atoms with van der Waals surface area (Å²) in [6.07, 6.45) is 0. The van der Waals surface area contributed by atoms with Gasteiger partial charge in [-0.15, -0.1) is 0 Å². The average Bonchev–Trinajstić information content (AvgIpc) is 2.37. The van der Waals surface area contributed by atoms with Gasteiger partial charge in [0.2, 0.25) is 0 Å². The third-order valence-electron chi connectivity index (χ3n) is 2.34. The lowest BCUT2D eigenvalue weighted by molar-refractivity contribution is -0.386. The number of rotatable bonds is 4. The SMILES string of the molecule is Nc1ccc([N+](=O)[O-])c(Oc2cc(Br)cc([N+](=O)[O-])c2)n1. The maximum absolute atomic E-state index is 10.9. The van der Waals surface area contributed by atoms with Crippen LogP contribution in [0.25, 0.3) is 0 Å². The molecular formula is C11H7BrN4O5. The number of non-ortho nitro benzene ring substituents is 1. The van der Waals surface area contributed by atoms with Crippen molar-refractivity contribution in [2.75, 3.05) is 5.73 Å². The Bertz CT molecular complexity index is 737. The van der Waals surface area contributed by atoms with Gasteiger partial charge >= 0.3 is 11.6 Å². The van der Waals surface area contributed by atoms with Gasteiger partial charge in [-0.2, -0.15) is 4.98 Å². The average molecular weight is 355 g/mol. The normalized spacial score (nSPS) is 10.1. The van der Waals surface area contributed by atoms with Gasteiger partial charge in [0.15, 0.2) is 0 Å². The first kappa shape index (κ1) is 14.7. The van der Waals surface area contributed by atoms with Crippen molar-refractivity contribution in [3.63, 3.8) is 0 Å². The number of anilines is 1. The zero-order valence-electron chi connectivity index (χ0n) is 10.2. The highest BCUT2D eigenvalue weighted by Crippen LogP contribution is 2.33. The number of nitro groups is 2. The standard InChI is InChI=1S/C11H7BrN4O5/c12-6-3-7(15(17)18)5-8(4-6)21-11-9(16(19)20)1-2-10(13)14-11/h1-5H,(H2,13,14). The molecule has 2 N–H and O–H groups in total. The van der Waals surface area contributed by atoms with Crippen LogP contribution in [0.1, 0.15) is 0 Å². The Balaban J connectivity index is 2.45. The van der Waals surface area contributed by atoms with Gasteiger partial charge in [0, 0.05) is 16.6 Å². The predicted octanol–water partition coefficient (Wildman–Crippen LogP) is 3.04. The zero-order chi connectivity index (χ0) is 15.6. The molecule has 108 valence electrons. The lowest BCUT2D eigenvalue weighted by atomic mass is 10.3. The van der Waals surface area contributed by atoms with Crippen molar-refractivity contribution in [2.45, 2.75) is 0 Å². The summed E-state index contributed by atoms with van der Waals surface area (Å²) >= 11 is 3.09. The quantitative estimate of drug-likeness (QED) is 0.658. The fourth-order valence-electron chi connectivity index (χ4n) is 1.49. The molecule has 0 bridgehead atoms. The molecule has 0 aliphatic rings. The van der Waals surface area contributed by atoms with Gasteiger partial charge in [0.1, 0.15) is 11.6 Å². The van der Waals surface area contributed by atoms with Crippen LogP contribution < -0.4 is 10.5 Å². The number of hydrogen-bond donors (Lipinski definition) is 1. The molecule has 10 heteroatoms. The molecule has 0 amide bonds. The summed E-state index contributed by atoms with van der Waals surface area (Å²) in [7, 11) is 0. The second-order valence-corrected chi connectivity index (χ2v) is 4.74. The minimum absolute atomic E-state index is 0.0253. The maximum atomic E-state index is 10.9. The van der Waals surface area contributed by atoms with Crippen LogP contribution in [-0.4, -0.2) is 14.8 Å². The summed E-state index contributed by atoms with van der Waals surface area (Å²) in [6, 6.07) is 6.22. The molecule has 0 fully saturated rings. The number of nitrogens with zero attached hydrogens (tertiary/aromatic N) is 3. The Morgan fingerprint density at radius 1 is 1.14 bits per heavy atom. The smallest absolute Gasteiger partial charge is 0.331 e. The van der Waals surface area contributed by atoms with E-state index >= 15 is 0 Å². The molecular weight excluding hydrogens is 348 g/mol. The fourth-order valence-corrected chi connectivity index (χ4v) is 1.95. The van der Waals surface area contributed by atoms with Crippen LogP contribution in [0.15, 0.2) is 34.8 Å². The van der Waals surface area contributed by atoms with Crippen molar-refractivity contribution in [2.24, 2.45) is 0 Å². The summed E-state index contributed by atoms with van der Waals surface area (Å²) in [4.78, 5) is 24.1. The van der Waals surface area contributed by atoms with Crippen LogP contribution in [-0.2, 0) is 0 Å². The van der Waals surface area contributed by atoms with Gasteiger partial charge in [-0.1, -0.05) is 15.9 Å². The van der Waals surface area contributed by atoms with Crippen LogP contribution in [0, 0.1) is 20.2 Å². The largest absolute Gasteiger partial charge is 0.433 e. The molecule has 0 unspecified atom stereocenters. The first-order valence-electron chi connectivity index (χ1n) is 5.40. The van der Waals surface area contributed by atoms with Crippen molar-refractivity contribution in [3.05, 3.63) is 55.0 Å². The minimum atomic E-state index is -0.686. The number of benzene rings is 1. The summed E-state index contributed by atoms with van der Waals surface area (Å²) in [6.45, 7) is 0. The first-order chi connectivity index (χ1) is 9.86. The highest BCUT2D eigenvalue weighted by Gasteiger charge is 2.19. The molecule has 0 radical (unpaired) electrons. The van der Waals surface area contributed by atoms with Crippen molar-refractivity contribution in [1.82, 2.24) is 4.98 Å². The summed E-state index contributed by atoms with van der Waals surface area (Å²) < 4.78 is 5.64. The van der Waals surface area contributed by atoms with E-state index in [1.54, 1.807) is 0 Å². The van der Waals surface area contributed by atoms with Crippen molar-refractivity contribution in [3.8, 4) is 11.6 Å². The van der Waals surface area contributed by atoms with Crippen molar-refractivity contribution in [1.29, 1.82) is 0 Å². The van der Waals surface area contributed by atoms with E-state index in [1.165, 1.54) is 18.2 Å². The molecule has 9 nitrogen and oxygen atoms in total. The van der Waals surface area contributed by atoms with E-state index in [-0.39, 0.29) is 23.1 Å². The van der Waals surface area contributed by atoms with Gasteiger partial charge < -0.3 is 10.5 Å². The van der Waals surface area contributed by atoms with Crippen LogP contribution in [0.3, 0.4) is 0 Å². The van der Waals surface area contributed by atoms with Crippen molar-refractivity contribution >= 4 is 33.1 Å². The van der Waals surface area contributed by atoms with Crippen LogP contribution >= 0.6 is 15.9 Å². The number of nitrogen functional groups attached to an aromatic ring is 1. The number of nitrogens with two attached hydrogens (primary N) is 1. The highest BCUT2D eigenvalue weighted by molar-refractivity contribution is 9.10. The van der Waals surface area contributed by atoms with E-state index in [0.717, 1.165) is 12.1 Å². The van der Waals surface area contributed by atoms with Gasteiger partial charge in [-0.3, -0.25) is 20.2 Å². The number of hydrogen-bond acceptors (Lipinski definition) is 7. The number of pyridine rings is 1. The van der Waals surface area contributed by atoms with Crippen LogP contribution in [0.5, 0.6) is 11.6 Å². The van der Waals surface area contributed by atoms with E-state index < -0.39 is 15.5 Å². The van der Waals surface area contributed by atoms with E-state index in [9.17, 15) is 20.2 Å². The zero-order valence-corrected chi connectivity index (χ0v) is 11.8. The van der Waals surface area contributed by atoms with E-state index in [2.05, 4.69) is 20.9 Å². The molecule has 0 atom stereocenters. The third kappa shape index (κ3) is 3.42. The molecule has 2 aromatic rings. The minimum Gasteiger partial charge on any atom is -0.433 e. The Morgan fingerprint density at radius 3 is 2.48 bits per heavy atom. The molecule has 0 saturated heterocycles. The predicted molar refractivity (Wildman–Crippen MR) is 76.2 cm³/mol. The van der Waals surface area contributed by atoms with Gasteiger partial charge in [0.25, 0.3) is 5.69 Å². The Hall–Kier alpha value is -2.75. The molecule has 0 saturated carbocycles. The van der Waals surface area contributed by atoms with Crippen LogP contribution in [0.4, 0.5) is 17.2 Å². The molecule has 2 rings (SSSR count). The van der Waals surface area contributed by atoms with Crippen molar-refractivity contribution < 1.29 is 14.6 Å². The van der Waals surface area contributed by atoms with Gasteiger partial charge in [-0.05, 0) is 12.1 Å². The summed E-state index contributed by atoms with van der Waals surface area (Å²) in [5.74, 6) is -0.287. The van der Waals surface area contributed by atoms with E-state index in [0.29, 0.717) is 4.47 Å². The molecule has 1 heterocycles. The third-order valence-corrected chi connectivity index (χ3v) is 2.80. The molecule has 0 spiro atoms. The number of nitro benzene ring substituents is 1. The topological polar surface area (TPSA) is 134 Å². The van der Waals surface area contributed by atoms with E-state index in [1.807, 2.05) is 0 Å². The Kier molecular flexibility index (Phi) is 3.98. The fraction of sp³-hybridized carbons (Fsp3) is 0. The lowest BCUT2D eigenvalue weighted by Crippen LogP contribution is -1.99. The number of aromatic nitrogens is 1. The van der Waals surface area contributed by atoms with Gasteiger partial charge in [0.05, 0.1) is 15.9 Å². The monoisotopic (exact) mass is 354 g/mol. The molecule has 0 aliphatic carbocycles. The lowest BCUT2D eigenvalue weighted by Gasteiger charge is -2.06.